The fraction of sp³-hybridized carbons (Fsp3) is 0.412. The van der Waals surface area contributed by atoms with Gasteiger partial charge in [0.05, 0.1) is 6.54 Å². The zero-order valence-corrected chi connectivity index (χ0v) is 13.6. The van der Waals surface area contributed by atoms with Crippen LogP contribution in [0.15, 0.2) is 22.7 Å². The first-order chi connectivity index (χ1) is 11.5. The third kappa shape index (κ3) is 3.25. The molecule has 0 radical (unpaired) electrons. The van der Waals surface area contributed by atoms with Crippen molar-refractivity contribution in [1.29, 1.82) is 0 Å². The summed E-state index contributed by atoms with van der Waals surface area (Å²) in [4.78, 5) is 14.1. The van der Waals surface area contributed by atoms with Crippen LogP contribution in [0.1, 0.15) is 36.8 Å². The lowest BCUT2D eigenvalue weighted by Crippen LogP contribution is -2.37. The molecule has 0 aliphatic heterocycles. The number of rotatable bonds is 5. The number of aryl methyl sites for hydroxylation is 2. The van der Waals surface area contributed by atoms with Gasteiger partial charge in [0, 0.05) is 11.6 Å². The average molecular weight is 335 g/mol. The Hall–Kier alpha value is -2.44. The van der Waals surface area contributed by atoms with Gasteiger partial charge in [0.2, 0.25) is 0 Å². The minimum atomic E-state index is -0.649. The topological polar surface area (TPSA) is 58.4 Å². The Bertz CT molecular complexity index is 736. The van der Waals surface area contributed by atoms with Crippen molar-refractivity contribution in [3.8, 4) is 0 Å². The van der Waals surface area contributed by atoms with Crippen LogP contribution in [0.25, 0.3) is 0 Å². The van der Waals surface area contributed by atoms with Gasteiger partial charge >= 0.3 is 6.03 Å². The second-order valence-electron chi connectivity index (χ2n) is 5.90. The maximum atomic E-state index is 13.9. The smallest absolute Gasteiger partial charge is 0.322 e. The largest absolute Gasteiger partial charge is 0.359 e. The van der Waals surface area contributed by atoms with Crippen molar-refractivity contribution in [2.45, 2.75) is 45.7 Å². The van der Waals surface area contributed by atoms with Crippen molar-refractivity contribution in [1.82, 2.24) is 10.1 Å². The molecule has 7 heteroatoms. The number of carbonyl (C=O) groups is 1. The van der Waals surface area contributed by atoms with Gasteiger partial charge in [0.1, 0.15) is 23.0 Å². The number of urea groups is 1. The summed E-state index contributed by atoms with van der Waals surface area (Å²) in [6.45, 7) is 3.50. The summed E-state index contributed by atoms with van der Waals surface area (Å²) < 4.78 is 32.9. The van der Waals surface area contributed by atoms with Crippen molar-refractivity contribution in [3.05, 3.63) is 46.9 Å². The molecule has 128 valence electrons. The lowest BCUT2D eigenvalue weighted by Gasteiger charge is -2.23. The normalized spacial score (nSPS) is 13.8. The van der Waals surface area contributed by atoms with E-state index < -0.39 is 17.7 Å². The van der Waals surface area contributed by atoms with E-state index in [9.17, 15) is 13.6 Å². The summed E-state index contributed by atoms with van der Waals surface area (Å²) in [5.41, 5.74) is 1.08. The van der Waals surface area contributed by atoms with E-state index in [-0.39, 0.29) is 18.2 Å². The third-order valence-corrected chi connectivity index (χ3v) is 4.14. The van der Waals surface area contributed by atoms with Crippen LogP contribution in [-0.2, 0) is 13.0 Å². The maximum absolute atomic E-state index is 13.9. The number of halogens is 2. The van der Waals surface area contributed by atoms with E-state index in [1.807, 2.05) is 6.92 Å². The van der Waals surface area contributed by atoms with E-state index in [1.165, 1.54) is 23.1 Å². The first-order valence-corrected chi connectivity index (χ1v) is 7.97. The van der Waals surface area contributed by atoms with Gasteiger partial charge in [0.15, 0.2) is 5.76 Å². The molecule has 1 aromatic carbocycles. The van der Waals surface area contributed by atoms with Crippen molar-refractivity contribution >= 4 is 11.7 Å². The first kappa shape index (κ1) is 16.4. The summed E-state index contributed by atoms with van der Waals surface area (Å²) in [6, 6.07) is 3.29. The van der Waals surface area contributed by atoms with Crippen LogP contribution in [0.5, 0.6) is 0 Å². The molecule has 1 heterocycles. The van der Waals surface area contributed by atoms with Crippen molar-refractivity contribution in [2.24, 2.45) is 0 Å². The van der Waals surface area contributed by atoms with Gasteiger partial charge < -0.3 is 14.7 Å². The van der Waals surface area contributed by atoms with Crippen LogP contribution in [0.4, 0.5) is 19.3 Å². The quantitative estimate of drug-likeness (QED) is 0.898. The van der Waals surface area contributed by atoms with Gasteiger partial charge in [-0.15, -0.1) is 0 Å². The Morgan fingerprint density at radius 3 is 2.62 bits per heavy atom. The maximum Gasteiger partial charge on any atom is 0.322 e. The van der Waals surface area contributed by atoms with E-state index in [4.69, 9.17) is 4.52 Å². The molecule has 1 aliphatic rings. The van der Waals surface area contributed by atoms with Gasteiger partial charge in [-0.05, 0) is 38.3 Å². The highest BCUT2D eigenvalue weighted by molar-refractivity contribution is 5.90. The fourth-order valence-electron chi connectivity index (χ4n) is 2.60. The van der Waals surface area contributed by atoms with Gasteiger partial charge in [-0.25, -0.2) is 13.6 Å². The molecule has 0 saturated heterocycles. The molecule has 5 nitrogen and oxygen atoms in total. The highest BCUT2D eigenvalue weighted by Crippen LogP contribution is 2.31. The SMILES string of the molecule is CCc1noc(C)c1NC(=O)N(Cc1c(F)cccc1F)C1CC1. The second kappa shape index (κ2) is 6.59. The summed E-state index contributed by atoms with van der Waals surface area (Å²) in [7, 11) is 0. The monoisotopic (exact) mass is 335 g/mol. The summed E-state index contributed by atoms with van der Waals surface area (Å²) in [5.74, 6) is -0.791. The molecule has 0 bridgehead atoms. The predicted molar refractivity (Wildman–Crippen MR) is 84.6 cm³/mol. The zero-order valence-electron chi connectivity index (χ0n) is 13.6. The Morgan fingerprint density at radius 1 is 1.38 bits per heavy atom. The molecule has 0 unspecified atom stereocenters. The standard InChI is InChI=1S/C17H19F2N3O2/c1-3-15-16(10(2)24-21-15)20-17(23)22(11-7-8-11)9-12-13(18)5-4-6-14(12)19/h4-6,11H,3,7-9H2,1-2H3,(H,20,23). The van der Waals surface area contributed by atoms with Gasteiger partial charge in [-0.3, -0.25) is 0 Å². The number of amides is 2. The van der Waals surface area contributed by atoms with E-state index >= 15 is 0 Å². The predicted octanol–water partition coefficient (Wildman–Crippen LogP) is 4.02. The number of benzene rings is 1. The Kier molecular flexibility index (Phi) is 4.51. The van der Waals surface area contributed by atoms with Crippen LogP contribution >= 0.6 is 0 Å². The molecular formula is C17H19F2N3O2. The van der Waals surface area contributed by atoms with Crippen LogP contribution < -0.4 is 5.32 Å². The van der Waals surface area contributed by atoms with Crippen LogP contribution in [0.2, 0.25) is 0 Å². The number of nitrogens with one attached hydrogen (secondary N) is 1. The molecule has 0 atom stereocenters. The molecule has 1 fully saturated rings. The number of aromatic nitrogens is 1. The van der Waals surface area contributed by atoms with Crippen molar-refractivity contribution in [2.75, 3.05) is 5.32 Å². The Labute approximate surface area is 138 Å². The van der Waals surface area contributed by atoms with Crippen LogP contribution in [-0.4, -0.2) is 22.1 Å². The van der Waals surface area contributed by atoms with Gasteiger partial charge in [-0.1, -0.05) is 18.1 Å². The molecule has 1 aromatic heterocycles. The van der Waals surface area contributed by atoms with E-state index in [2.05, 4.69) is 10.5 Å². The Morgan fingerprint density at radius 2 is 2.04 bits per heavy atom. The van der Waals surface area contributed by atoms with Crippen LogP contribution in [0.3, 0.4) is 0 Å². The number of carbonyl (C=O) groups excluding carboxylic acids is 1. The fourth-order valence-corrected chi connectivity index (χ4v) is 2.60. The van der Waals surface area contributed by atoms with Crippen LogP contribution in [0, 0.1) is 18.6 Å². The molecule has 0 spiro atoms. The van der Waals surface area contributed by atoms with E-state index in [0.717, 1.165) is 12.8 Å². The number of hydrogen-bond donors (Lipinski definition) is 1. The first-order valence-electron chi connectivity index (χ1n) is 7.97. The highest BCUT2D eigenvalue weighted by Gasteiger charge is 2.34. The lowest BCUT2D eigenvalue weighted by atomic mass is 10.2. The lowest BCUT2D eigenvalue weighted by molar-refractivity contribution is 0.204. The molecule has 2 aromatic rings. The van der Waals surface area contributed by atoms with Gasteiger partial charge in [0.25, 0.3) is 0 Å². The molecule has 3 rings (SSSR count). The zero-order chi connectivity index (χ0) is 17.3. The minimum absolute atomic E-state index is 0.00533. The molecule has 1 aliphatic carbocycles. The molecular weight excluding hydrogens is 316 g/mol. The van der Waals surface area contributed by atoms with Crippen molar-refractivity contribution in [3.63, 3.8) is 0 Å². The number of nitrogens with zero attached hydrogens (tertiary/aromatic N) is 2. The van der Waals surface area contributed by atoms with Crippen molar-refractivity contribution < 1.29 is 18.1 Å². The third-order valence-electron chi connectivity index (χ3n) is 4.14. The molecule has 24 heavy (non-hydrogen) atoms. The molecule has 1 saturated carbocycles. The molecule has 2 amide bonds. The highest BCUT2D eigenvalue weighted by atomic mass is 19.1. The van der Waals surface area contributed by atoms with Gasteiger partial charge in [-0.2, -0.15) is 0 Å². The Balaban J connectivity index is 1.81. The number of hydrogen-bond acceptors (Lipinski definition) is 3. The number of anilines is 1. The summed E-state index contributed by atoms with van der Waals surface area (Å²) in [5, 5.41) is 6.67. The summed E-state index contributed by atoms with van der Waals surface area (Å²) in [6.07, 6.45) is 2.26. The second-order valence-corrected chi connectivity index (χ2v) is 5.90. The van der Waals surface area contributed by atoms with E-state index in [1.54, 1.807) is 6.92 Å². The minimum Gasteiger partial charge on any atom is -0.359 e. The summed E-state index contributed by atoms with van der Waals surface area (Å²) >= 11 is 0. The average Bonchev–Trinajstić information content (AvgIpc) is 3.32. The molecule has 1 N–H and O–H groups in total. The van der Waals surface area contributed by atoms with E-state index in [0.29, 0.717) is 23.6 Å².